The summed E-state index contributed by atoms with van der Waals surface area (Å²) in [6, 6.07) is 6.38. The number of thioether (sulfide) groups is 1. The van der Waals surface area contributed by atoms with E-state index in [1.807, 2.05) is 0 Å². The lowest BCUT2D eigenvalue weighted by molar-refractivity contribution is -0.139. The quantitative estimate of drug-likeness (QED) is 0.472. The number of amides is 4. The molecule has 1 spiro atoms. The highest BCUT2D eigenvalue weighted by atomic mass is 35.5. The summed E-state index contributed by atoms with van der Waals surface area (Å²) >= 11 is 7.01. The van der Waals surface area contributed by atoms with E-state index in [0.717, 1.165) is 36.0 Å². The molecule has 1 saturated heterocycles. The Bertz CT molecular complexity index is 994. The van der Waals surface area contributed by atoms with Crippen LogP contribution in [0.4, 0.5) is 4.79 Å². The van der Waals surface area contributed by atoms with E-state index in [4.69, 9.17) is 20.8 Å². The van der Waals surface area contributed by atoms with E-state index in [0.29, 0.717) is 23.6 Å². The standard InChI is InChI=1S/C19H20ClN5O5S/c20-12-6-2-3-7-13(12)29-10-15-22-23-18(30-15)31-11-14(26)24-25-16(27)19(21-17(25)28)8-4-1-5-9-19/h2-3,6-7H,1,4-5,8-11H2,(H,21,28)(H,24,26). The SMILES string of the molecule is O=C(CSc1nnc(COc2ccccc2Cl)o1)NN1C(=O)NC2(CCCCC2)C1=O. The molecule has 0 unspecified atom stereocenters. The van der Waals surface area contributed by atoms with Gasteiger partial charge in [-0.1, -0.05) is 54.8 Å². The zero-order chi connectivity index (χ0) is 21.8. The van der Waals surface area contributed by atoms with Crippen molar-refractivity contribution in [2.24, 2.45) is 0 Å². The molecule has 12 heteroatoms. The van der Waals surface area contributed by atoms with E-state index in [-0.39, 0.29) is 23.5 Å². The highest BCUT2D eigenvalue weighted by Gasteiger charge is 2.52. The van der Waals surface area contributed by atoms with Crippen molar-refractivity contribution < 1.29 is 23.5 Å². The molecule has 1 aromatic heterocycles. The van der Waals surface area contributed by atoms with Gasteiger partial charge in [-0.3, -0.25) is 15.0 Å². The third-order valence-electron chi connectivity index (χ3n) is 5.07. The zero-order valence-electron chi connectivity index (χ0n) is 16.4. The number of halogens is 1. The first-order chi connectivity index (χ1) is 15.0. The van der Waals surface area contributed by atoms with E-state index >= 15 is 0 Å². The first-order valence-electron chi connectivity index (χ1n) is 9.75. The maximum absolute atomic E-state index is 12.7. The molecule has 1 saturated carbocycles. The number of para-hydroxylation sites is 1. The number of carbonyl (C=O) groups excluding carboxylic acids is 3. The molecule has 31 heavy (non-hydrogen) atoms. The summed E-state index contributed by atoms with van der Waals surface area (Å²) in [6.07, 6.45) is 3.93. The smallest absolute Gasteiger partial charge is 0.344 e. The van der Waals surface area contributed by atoms with Gasteiger partial charge in [0.15, 0.2) is 6.61 Å². The number of benzene rings is 1. The van der Waals surface area contributed by atoms with Crippen LogP contribution in [0.2, 0.25) is 5.02 Å². The Morgan fingerprint density at radius 3 is 2.81 bits per heavy atom. The minimum absolute atomic E-state index is 0.0218. The third kappa shape index (κ3) is 4.77. The van der Waals surface area contributed by atoms with Crippen molar-refractivity contribution in [2.45, 2.75) is 49.5 Å². The van der Waals surface area contributed by atoms with Gasteiger partial charge < -0.3 is 14.5 Å². The maximum Gasteiger partial charge on any atom is 0.344 e. The summed E-state index contributed by atoms with van der Waals surface area (Å²) < 4.78 is 11.0. The number of nitrogens with zero attached hydrogens (tertiary/aromatic N) is 3. The largest absolute Gasteiger partial charge is 0.482 e. The van der Waals surface area contributed by atoms with Crippen LogP contribution in [0.25, 0.3) is 0 Å². The monoisotopic (exact) mass is 465 g/mol. The molecule has 164 valence electrons. The molecule has 2 aliphatic rings. The summed E-state index contributed by atoms with van der Waals surface area (Å²) in [6.45, 7) is 0.0218. The maximum atomic E-state index is 12.7. The minimum Gasteiger partial charge on any atom is -0.482 e. The second-order valence-corrected chi connectivity index (χ2v) is 8.55. The van der Waals surface area contributed by atoms with Crippen molar-refractivity contribution in [3.8, 4) is 5.75 Å². The molecule has 2 fully saturated rings. The van der Waals surface area contributed by atoms with Gasteiger partial charge >= 0.3 is 6.03 Å². The molecule has 1 aromatic carbocycles. The Balaban J connectivity index is 1.26. The number of hydrogen-bond donors (Lipinski definition) is 2. The Morgan fingerprint density at radius 2 is 2.03 bits per heavy atom. The van der Waals surface area contributed by atoms with Gasteiger partial charge in [0.05, 0.1) is 10.8 Å². The summed E-state index contributed by atoms with van der Waals surface area (Å²) in [4.78, 5) is 37.1. The van der Waals surface area contributed by atoms with Crippen molar-refractivity contribution in [2.75, 3.05) is 5.75 Å². The Morgan fingerprint density at radius 1 is 1.26 bits per heavy atom. The Labute approximate surface area is 187 Å². The van der Waals surface area contributed by atoms with Crippen molar-refractivity contribution in [3.05, 3.63) is 35.2 Å². The molecule has 0 radical (unpaired) electrons. The number of imide groups is 1. The first-order valence-corrected chi connectivity index (χ1v) is 11.1. The molecular formula is C19H20ClN5O5S. The first kappa shape index (κ1) is 21.4. The lowest BCUT2D eigenvalue weighted by Crippen LogP contribution is -2.51. The molecule has 4 rings (SSSR count). The van der Waals surface area contributed by atoms with Gasteiger partial charge in [-0.15, -0.1) is 10.2 Å². The summed E-state index contributed by atoms with van der Waals surface area (Å²) in [5.41, 5.74) is 1.47. The minimum atomic E-state index is -0.890. The van der Waals surface area contributed by atoms with E-state index in [2.05, 4.69) is 20.9 Å². The van der Waals surface area contributed by atoms with E-state index in [9.17, 15) is 14.4 Å². The van der Waals surface area contributed by atoms with Gasteiger partial charge in [0.1, 0.15) is 11.3 Å². The highest BCUT2D eigenvalue weighted by Crippen LogP contribution is 2.33. The second kappa shape index (κ2) is 9.15. The van der Waals surface area contributed by atoms with Crippen LogP contribution in [0.15, 0.2) is 33.9 Å². The van der Waals surface area contributed by atoms with Crippen LogP contribution in [0.1, 0.15) is 38.0 Å². The summed E-state index contributed by atoms with van der Waals surface area (Å²) in [5, 5.41) is 11.8. The predicted octanol–water partition coefficient (Wildman–Crippen LogP) is 2.68. The number of hydrogen-bond acceptors (Lipinski definition) is 8. The molecule has 1 aliphatic carbocycles. The highest BCUT2D eigenvalue weighted by molar-refractivity contribution is 7.99. The van der Waals surface area contributed by atoms with E-state index < -0.39 is 23.4 Å². The van der Waals surface area contributed by atoms with Crippen LogP contribution in [-0.4, -0.2) is 44.3 Å². The lowest BCUT2D eigenvalue weighted by Gasteiger charge is -2.30. The molecule has 0 atom stereocenters. The van der Waals surface area contributed by atoms with Crippen LogP contribution in [0, 0.1) is 0 Å². The van der Waals surface area contributed by atoms with E-state index in [1.165, 1.54) is 0 Å². The molecule has 0 bridgehead atoms. The van der Waals surface area contributed by atoms with Crippen LogP contribution in [0.3, 0.4) is 0 Å². The Hall–Kier alpha value is -2.79. The Kier molecular flexibility index (Phi) is 6.33. The zero-order valence-corrected chi connectivity index (χ0v) is 18.0. The van der Waals surface area contributed by atoms with Crippen LogP contribution in [0.5, 0.6) is 5.75 Å². The fourth-order valence-electron chi connectivity index (χ4n) is 3.56. The molecule has 4 amide bonds. The topological polar surface area (TPSA) is 127 Å². The number of aromatic nitrogens is 2. The molecule has 2 heterocycles. The molecule has 2 aromatic rings. The molecule has 2 N–H and O–H groups in total. The van der Waals surface area contributed by atoms with Gasteiger partial charge in [-0.25, -0.2) is 4.79 Å². The number of hydrazine groups is 1. The van der Waals surface area contributed by atoms with Gasteiger partial charge in [-0.05, 0) is 25.0 Å². The fraction of sp³-hybridized carbons (Fsp3) is 0.421. The van der Waals surface area contributed by atoms with Crippen LogP contribution in [-0.2, 0) is 16.2 Å². The van der Waals surface area contributed by atoms with Gasteiger partial charge in [0.2, 0.25) is 5.91 Å². The normalized spacial score (nSPS) is 17.6. The predicted molar refractivity (Wildman–Crippen MR) is 110 cm³/mol. The van der Waals surface area contributed by atoms with Crippen molar-refractivity contribution in [1.29, 1.82) is 0 Å². The van der Waals surface area contributed by atoms with E-state index in [1.54, 1.807) is 24.3 Å². The van der Waals surface area contributed by atoms with Crippen molar-refractivity contribution >= 4 is 41.2 Å². The van der Waals surface area contributed by atoms with Crippen molar-refractivity contribution in [1.82, 2.24) is 25.9 Å². The average Bonchev–Trinajstić information content (AvgIpc) is 3.31. The molecular weight excluding hydrogens is 446 g/mol. The van der Waals surface area contributed by atoms with Crippen molar-refractivity contribution in [3.63, 3.8) is 0 Å². The number of nitrogens with one attached hydrogen (secondary N) is 2. The van der Waals surface area contributed by atoms with Crippen LogP contribution < -0.4 is 15.5 Å². The molecule has 1 aliphatic heterocycles. The number of ether oxygens (including phenoxy) is 1. The number of carbonyl (C=O) groups is 3. The average molecular weight is 466 g/mol. The molecule has 10 nitrogen and oxygen atoms in total. The third-order valence-corrected chi connectivity index (χ3v) is 6.20. The van der Waals surface area contributed by atoms with Gasteiger partial charge in [0, 0.05) is 0 Å². The summed E-state index contributed by atoms with van der Waals surface area (Å²) in [7, 11) is 0. The van der Waals surface area contributed by atoms with Crippen LogP contribution >= 0.6 is 23.4 Å². The second-order valence-electron chi connectivity index (χ2n) is 7.22. The fourth-order valence-corrected chi connectivity index (χ4v) is 4.32. The lowest BCUT2D eigenvalue weighted by atomic mass is 9.82. The number of urea groups is 1. The van der Waals surface area contributed by atoms with Gasteiger partial charge in [-0.2, -0.15) is 5.01 Å². The number of rotatable bonds is 7. The van der Waals surface area contributed by atoms with Gasteiger partial charge in [0.25, 0.3) is 17.0 Å². The summed E-state index contributed by atoms with van der Waals surface area (Å²) in [5.74, 6) is -0.353.